The van der Waals surface area contributed by atoms with Gasteiger partial charge in [0.1, 0.15) is 11.9 Å². The van der Waals surface area contributed by atoms with Crippen molar-refractivity contribution in [3.05, 3.63) is 99.8 Å². The van der Waals surface area contributed by atoms with Crippen LogP contribution in [0.25, 0.3) is 0 Å². The summed E-state index contributed by atoms with van der Waals surface area (Å²) in [6.45, 7) is -0.00476. The molecule has 2 amide bonds. The van der Waals surface area contributed by atoms with Crippen LogP contribution in [0.1, 0.15) is 49.7 Å². The van der Waals surface area contributed by atoms with E-state index in [2.05, 4.69) is 5.32 Å². The van der Waals surface area contributed by atoms with Gasteiger partial charge in [-0.2, -0.15) is 0 Å². The second-order valence-electron chi connectivity index (χ2n) is 10.8. The van der Waals surface area contributed by atoms with Gasteiger partial charge in [-0.25, -0.2) is 12.8 Å². The number of nitrogens with one attached hydrogen (secondary N) is 1. The third kappa shape index (κ3) is 9.17. The first-order chi connectivity index (χ1) is 20.5. The number of halogens is 3. The SMILES string of the molecule is CS(=O)(=O)N(CCCC(=O)N(Cc1c(Cl)cccc1Cl)[C@@H](Cc1ccccc1)C(=O)NC1CCCC1)c1ccc(F)cc1. The summed E-state index contributed by atoms with van der Waals surface area (Å²) in [5.74, 6) is -1.08. The minimum atomic E-state index is -3.71. The lowest BCUT2D eigenvalue weighted by Crippen LogP contribution is -2.52. The van der Waals surface area contributed by atoms with E-state index in [1.807, 2.05) is 30.3 Å². The molecule has 0 saturated heterocycles. The summed E-state index contributed by atoms with van der Waals surface area (Å²) >= 11 is 13.0. The van der Waals surface area contributed by atoms with Gasteiger partial charge < -0.3 is 10.2 Å². The van der Waals surface area contributed by atoms with Gasteiger partial charge in [-0.05, 0) is 61.2 Å². The Morgan fingerprint density at radius 2 is 1.58 bits per heavy atom. The van der Waals surface area contributed by atoms with Gasteiger partial charge in [0.25, 0.3) is 0 Å². The van der Waals surface area contributed by atoms with Crippen molar-refractivity contribution < 1.29 is 22.4 Å². The molecule has 0 radical (unpaired) electrons. The van der Waals surface area contributed by atoms with Crippen molar-refractivity contribution in [2.24, 2.45) is 0 Å². The van der Waals surface area contributed by atoms with Crippen LogP contribution in [0, 0.1) is 5.82 Å². The number of nitrogens with zero attached hydrogens (tertiary/aromatic N) is 2. The number of anilines is 1. The molecule has 3 aromatic carbocycles. The molecule has 230 valence electrons. The maximum absolute atomic E-state index is 14.0. The Labute approximate surface area is 263 Å². The smallest absolute Gasteiger partial charge is 0.243 e. The van der Waals surface area contributed by atoms with Gasteiger partial charge >= 0.3 is 0 Å². The number of hydrogen-bond acceptors (Lipinski definition) is 4. The van der Waals surface area contributed by atoms with E-state index in [1.54, 1.807) is 18.2 Å². The highest BCUT2D eigenvalue weighted by molar-refractivity contribution is 7.92. The van der Waals surface area contributed by atoms with Gasteiger partial charge in [-0.3, -0.25) is 13.9 Å². The van der Waals surface area contributed by atoms with Crippen molar-refractivity contribution in [2.45, 2.75) is 63.6 Å². The molecule has 3 aromatic rings. The molecule has 1 N–H and O–H groups in total. The normalized spacial score (nSPS) is 14.3. The Morgan fingerprint density at radius 1 is 0.953 bits per heavy atom. The van der Waals surface area contributed by atoms with E-state index in [-0.39, 0.29) is 50.2 Å². The number of benzene rings is 3. The summed E-state index contributed by atoms with van der Waals surface area (Å²) in [5.41, 5.74) is 1.71. The molecule has 0 aromatic heterocycles. The van der Waals surface area contributed by atoms with Crippen molar-refractivity contribution in [2.75, 3.05) is 17.1 Å². The van der Waals surface area contributed by atoms with E-state index in [4.69, 9.17) is 23.2 Å². The minimum Gasteiger partial charge on any atom is -0.352 e. The van der Waals surface area contributed by atoms with Crippen LogP contribution in [0.5, 0.6) is 0 Å². The molecular weight excluding hydrogens is 612 g/mol. The molecule has 1 aliphatic carbocycles. The zero-order chi connectivity index (χ0) is 31.0. The lowest BCUT2D eigenvalue weighted by Gasteiger charge is -2.33. The fourth-order valence-corrected chi connectivity index (χ4v) is 6.87. The van der Waals surface area contributed by atoms with Gasteiger partial charge in [0.15, 0.2) is 0 Å². The molecular formula is C32H36Cl2FN3O4S. The first-order valence-corrected chi connectivity index (χ1v) is 16.9. The predicted molar refractivity (Wildman–Crippen MR) is 169 cm³/mol. The molecule has 7 nitrogen and oxygen atoms in total. The molecule has 11 heteroatoms. The molecule has 0 bridgehead atoms. The van der Waals surface area contributed by atoms with E-state index in [1.165, 1.54) is 29.2 Å². The number of carbonyl (C=O) groups is 2. The second-order valence-corrected chi connectivity index (χ2v) is 13.6. The highest BCUT2D eigenvalue weighted by Gasteiger charge is 2.33. The van der Waals surface area contributed by atoms with Crippen LogP contribution in [0.4, 0.5) is 10.1 Å². The fraction of sp³-hybridized carbons (Fsp3) is 0.375. The van der Waals surface area contributed by atoms with Crippen LogP contribution in [0.15, 0.2) is 72.8 Å². The van der Waals surface area contributed by atoms with Gasteiger partial charge in [0.2, 0.25) is 21.8 Å². The molecule has 1 fully saturated rings. The summed E-state index contributed by atoms with van der Waals surface area (Å²) in [6, 6.07) is 18.9. The number of hydrogen-bond donors (Lipinski definition) is 1. The van der Waals surface area contributed by atoms with E-state index < -0.39 is 21.9 Å². The van der Waals surface area contributed by atoms with E-state index >= 15 is 0 Å². The first kappa shape index (κ1) is 32.8. The maximum Gasteiger partial charge on any atom is 0.243 e. The standard InChI is InChI=1S/C32H36Cl2FN3O4S/c1-43(41,42)38(26-18-16-24(35)17-19-26)20-8-15-31(39)37(22-27-28(33)13-7-14-29(27)34)30(21-23-9-3-2-4-10-23)32(40)36-25-11-5-6-12-25/h2-4,7,9-10,13-14,16-19,25,30H,5-6,8,11-12,15,20-22H2,1H3,(H,36,40)/t30-/m0/s1. The quantitative estimate of drug-likeness (QED) is 0.233. The molecule has 0 heterocycles. The maximum atomic E-state index is 14.0. The Balaban J connectivity index is 1.62. The Bertz CT molecular complexity index is 1480. The number of sulfonamides is 1. The molecule has 1 saturated carbocycles. The minimum absolute atomic E-state index is 0.000674. The first-order valence-electron chi connectivity index (χ1n) is 14.3. The third-order valence-corrected chi connectivity index (χ3v) is 9.53. The molecule has 0 spiro atoms. The topological polar surface area (TPSA) is 86.8 Å². The van der Waals surface area contributed by atoms with Gasteiger partial charge in [-0.15, -0.1) is 0 Å². The molecule has 1 aliphatic rings. The molecule has 0 unspecified atom stereocenters. The van der Waals surface area contributed by atoms with Gasteiger partial charge in [-0.1, -0.05) is 72.4 Å². The van der Waals surface area contributed by atoms with E-state index in [0.717, 1.165) is 41.8 Å². The monoisotopic (exact) mass is 647 g/mol. The lowest BCUT2D eigenvalue weighted by atomic mass is 10.0. The summed E-state index contributed by atoms with van der Waals surface area (Å²) in [4.78, 5) is 29.4. The highest BCUT2D eigenvalue weighted by Crippen LogP contribution is 2.28. The van der Waals surface area contributed by atoms with Crippen LogP contribution >= 0.6 is 23.2 Å². The van der Waals surface area contributed by atoms with Crippen LogP contribution in [0.2, 0.25) is 10.0 Å². The van der Waals surface area contributed by atoms with Gasteiger partial charge in [0, 0.05) is 47.6 Å². The van der Waals surface area contributed by atoms with Gasteiger partial charge in [0.05, 0.1) is 11.9 Å². The zero-order valence-electron chi connectivity index (χ0n) is 24.0. The Morgan fingerprint density at radius 3 is 2.19 bits per heavy atom. The molecule has 43 heavy (non-hydrogen) atoms. The fourth-order valence-electron chi connectivity index (χ4n) is 5.39. The van der Waals surface area contributed by atoms with Crippen LogP contribution < -0.4 is 9.62 Å². The van der Waals surface area contributed by atoms with Crippen molar-refractivity contribution >= 4 is 50.7 Å². The number of carbonyl (C=O) groups excluding carboxylic acids is 2. The molecule has 4 rings (SSSR count). The Hall–Kier alpha value is -3.14. The van der Waals surface area contributed by atoms with Crippen LogP contribution in [0.3, 0.4) is 0 Å². The van der Waals surface area contributed by atoms with Crippen molar-refractivity contribution in [1.29, 1.82) is 0 Å². The highest BCUT2D eigenvalue weighted by atomic mass is 35.5. The summed E-state index contributed by atoms with van der Waals surface area (Å²) in [6.07, 6.45) is 5.31. The van der Waals surface area contributed by atoms with E-state index in [9.17, 15) is 22.4 Å². The predicted octanol–water partition coefficient (Wildman–Crippen LogP) is 6.38. The third-order valence-electron chi connectivity index (χ3n) is 7.63. The lowest BCUT2D eigenvalue weighted by molar-refractivity contribution is -0.141. The number of amides is 2. The summed E-state index contributed by atoms with van der Waals surface area (Å²) < 4.78 is 39.8. The van der Waals surface area contributed by atoms with Crippen LogP contribution in [-0.2, 0) is 32.6 Å². The van der Waals surface area contributed by atoms with Crippen molar-refractivity contribution in [1.82, 2.24) is 10.2 Å². The van der Waals surface area contributed by atoms with Crippen molar-refractivity contribution in [3.63, 3.8) is 0 Å². The van der Waals surface area contributed by atoms with Crippen LogP contribution in [-0.4, -0.2) is 50.0 Å². The molecule has 0 aliphatic heterocycles. The van der Waals surface area contributed by atoms with E-state index in [0.29, 0.717) is 21.3 Å². The zero-order valence-corrected chi connectivity index (χ0v) is 26.3. The molecule has 1 atom stereocenters. The summed E-state index contributed by atoms with van der Waals surface area (Å²) in [7, 11) is -3.71. The largest absolute Gasteiger partial charge is 0.352 e. The second kappa shape index (κ2) is 15.0. The average molecular weight is 649 g/mol. The number of rotatable bonds is 13. The summed E-state index contributed by atoms with van der Waals surface area (Å²) in [5, 5.41) is 3.90. The average Bonchev–Trinajstić information content (AvgIpc) is 3.48. The Kier molecular flexibility index (Phi) is 11.5. The van der Waals surface area contributed by atoms with Crippen molar-refractivity contribution in [3.8, 4) is 0 Å².